The zero-order chi connectivity index (χ0) is 22.6. The molecule has 0 aliphatic carbocycles. The van der Waals surface area contributed by atoms with Crippen molar-refractivity contribution in [3.63, 3.8) is 0 Å². The fraction of sp³-hybridized carbons (Fsp3) is 0.250. The van der Waals surface area contributed by atoms with Crippen LogP contribution in [0.3, 0.4) is 0 Å². The lowest BCUT2D eigenvalue weighted by atomic mass is 10.1. The van der Waals surface area contributed by atoms with Crippen molar-refractivity contribution < 1.29 is 25.2 Å². The van der Waals surface area contributed by atoms with E-state index < -0.39 is 12.7 Å². The van der Waals surface area contributed by atoms with E-state index in [9.17, 15) is 9.90 Å². The highest BCUT2D eigenvalue weighted by atomic mass is 35.5. The average molecular weight is 467 g/mol. The first-order chi connectivity index (χ1) is 14.6. The van der Waals surface area contributed by atoms with Gasteiger partial charge in [0.25, 0.3) is 5.97 Å². The molecule has 5 N–H and O–H groups in total. The summed E-state index contributed by atoms with van der Waals surface area (Å²) >= 11 is 11.9. The Morgan fingerprint density at radius 1 is 1.03 bits per heavy atom. The normalized spacial score (nSPS) is 11.5. The maximum atomic E-state index is 12.3. The molecule has 11 heteroatoms. The van der Waals surface area contributed by atoms with Crippen molar-refractivity contribution in [3.8, 4) is 11.4 Å². The Bertz CT molecular complexity index is 1040. The van der Waals surface area contributed by atoms with Crippen LogP contribution in [0.15, 0.2) is 42.5 Å². The summed E-state index contributed by atoms with van der Waals surface area (Å²) in [6.45, 7) is -0.234. The van der Waals surface area contributed by atoms with Crippen LogP contribution in [-0.4, -0.2) is 47.1 Å². The molecular formula is C20H20Cl2N4O5. The van der Waals surface area contributed by atoms with Gasteiger partial charge in [-0.05, 0) is 29.3 Å². The molecule has 3 aromatic rings. The van der Waals surface area contributed by atoms with Gasteiger partial charge in [0.15, 0.2) is 5.82 Å². The Morgan fingerprint density at radius 3 is 2.26 bits per heavy atom. The fourth-order valence-corrected chi connectivity index (χ4v) is 3.48. The summed E-state index contributed by atoms with van der Waals surface area (Å²) in [7, 11) is 0. The highest BCUT2D eigenvalue weighted by Gasteiger charge is 2.19. The first-order valence-corrected chi connectivity index (χ1v) is 9.91. The number of amides is 1. The number of nitrogens with zero attached hydrogens (tertiary/aromatic N) is 3. The molecule has 1 aromatic heterocycles. The molecule has 9 nitrogen and oxygen atoms in total. The third-order valence-corrected chi connectivity index (χ3v) is 4.70. The van der Waals surface area contributed by atoms with Crippen LogP contribution in [0.2, 0.25) is 10.0 Å². The van der Waals surface area contributed by atoms with Gasteiger partial charge in [0.05, 0.1) is 12.8 Å². The van der Waals surface area contributed by atoms with Crippen LogP contribution in [0, 0.1) is 0 Å². The highest BCUT2D eigenvalue weighted by Crippen LogP contribution is 2.20. The molecule has 0 unspecified atom stereocenters. The summed E-state index contributed by atoms with van der Waals surface area (Å²) in [4.78, 5) is 16.7. The predicted octanol–water partition coefficient (Wildman–Crippen LogP) is 1.23. The van der Waals surface area contributed by atoms with Gasteiger partial charge in [-0.1, -0.05) is 47.5 Å². The number of hydrogen-bond acceptors (Lipinski definition) is 7. The predicted molar refractivity (Wildman–Crippen MR) is 113 cm³/mol. The van der Waals surface area contributed by atoms with Gasteiger partial charge in [-0.2, -0.15) is 0 Å². The number of aromatic nitrogens is 3. The van der Waals surface area contributed by atoms with Gasteiger partial charge in [0.1, 0.15) is 12.6 Å². The van der Waals surface area contributed by atoms with E-state index in [-0.39, 0.29) is 36.9 Å². The molecule has 0 spiro atoms. The minimum Gasteiger partial charge on any atom is -0.374 e. The average Bonchev–Trinajstić information content (AvgIpc) is 3.08. The van der Waals surface area contributed by atoms with E-state index in [1.54, 1.807) is 42.5 Å². The largest absolute Gasteiger partial charge is 0.374 e. The molecule has 0 radical (unpaired) electrons. The van der Waals surface area contributed by atoms with Gasteiger partial charge in [0, 0.05) is 22.2 Å². The first kappa shape index (κ1) is 23.1. The van der Waals surface area contributed by atoms with E-state index >= 15 is 0 Å². The van der Waals surface area contributed by atoms with Gasteiger partial charge in [-0.3, -0.25) is 4.79 Å². The molecule has 2 aromatic carbocycles. The van der Waals surface area contributed by atoms with Crippen LogP contribution < -0.4 is 5.32 Å². The van der Waals surface area contributed by atoms with E-state index in [1.807, 2.05) is 0 Å². The number of halogens is 2. The van der Waals surface area contributed by atoms with Gasteiger partial charge in [-0.25, -0.2) is 9.67 Å². The summed E-state index contributed by atoms with van der Waals surface area (Å²) in [5.41, 5.74) is 1.82. The van der Waals surface area contributed by atoms with E-state index in [2.05, 4.69) is 15.4 Å². The molecule has 0 aliphatic heterocycles. The van der Waals surface area contributed by atoms with Crippen molar-refractivity contribution in [2.75, 3.05) is 0 Å². The van der Waals surface area contributed by atoms with Gasteiger partial charge in [0.2, 0.25) is 5.91 Å². The third-order valence-electron chi connectivity index (χ3n) is 4.27. The topological polar surface area (TPSA) is 141 Å². The maximum Gasteiger partial charge on any atom is 0.279 e. The van der Waals surface area contributed by atoms with Crippen LogP contribution >= 0.6 is 23.2 Å². The standard InChI is InChI=1S/C20H20Cl2N4O5/c21-15-5-13(6-16(22)7-15)10-23-18(28)8-17-24-19(25-26(17)11-27)14-3-1-12(2-4-14)9-20(29,30)31/h1-7,27,29-31H,8-11H2,(H,23,28). The van der Waals surface area contributed by atoms with Crippen molar-refractivity contribution in [1.29, 1.82) is 0 Å². The van der Waals surface area contributed by atoms with Gasteiger partial charge in [-0.15, -0.1) is 5.10 Å². The smallest absolute Gasteiger partial charge is 0.279 e. The van der Waals surface area contributed by atoms with Crippen molar-refractivity contribution in [3.05, 3.63) is 69.5 Å². The number of rotatable bonds is 8. The summed E-state index contributed by atoms with van der Waals surface area (Å²) < 4.78 is 1.21. The molecule has 0 bridgehead atoms. The zero-order valence-electron chi connectivity index (χ0n) is 16.2. The van der Waals surface area contributed by atoms with Gasteiger partial charge >= 0.3 is 0 Å². The monoisotopic (exact) mass is 466 g/mol. The first-order valence-electron chi connectivity index (χ1n) is 9.15. The number of nitrogens with one attached hydrogen (secondary N) is 1. The zero-order valence-corrected chi connectivity index (χ0v) is 17.7. The molecule has 0 fully saturated rings. The van der Waals surface area contributed by atoms with Crippen molar-refractivity contribution in [1.82, 2.24) is 20.1 Å². The van der Waals surface area contributed by atoms with Crippen molar-refractivity contribution >= 4 is 29.1 Å². The summed E-state index contributed by atoms with van der Waals surface area (Å²) in [5.74, 6) is -2.57. The lowest BCUT2D eigenvalue weighted by Gasteiger charge is -2.13. The van der Waals surface area contributed by atoms with Crippen LogP contribution in [0.1, 0.15) is 17.0 Å². The third kappa shape index (κ3) is 6.73. The lowest BCUT2D eigenvalue weighted by molar-refractivity contribution is -0.309. The number of hydrogen-bond donors (Lipinski definition) is 5. The Kier molecular flexibility index (Phi) is 7.26. The second-order valence-electron chi connectivity index (χ2n) is 6.87. The van der Waals surface area contributed by atoms with Crippen molar-refractivity contribution in [2.45, 2.75) is 32.1 Å². The van der Waals surface area contributed by atoms with E-state index in [4.69, 9.17) is 38.5 Å². The Morgan fingerprint density at radius 2 is 1.68 bits per heavy atom. The molecule has 164 valence electrons. The number of aliphatic hydroxyl groups is 4. The quantitative estimate of drug-likeness (QED) is 0.314. The van der Waals surface area contributed by atoms with Gasteiger partial charge < -0.3 is 25.7 Å². The Labute approximate surface area is 187 Å². The lowest BCUT2D eigenvalue weighted by Crippen LogP contribution is -2.29. The fourth-order valence-electron chi connectivity index (χ4n) is 2.91. The molecule has 0 saturated heterocycles. The highest BCUT2D eigenvalue weighted by molar-refractivity contribution is 6.34. The second-order valence-corrected chi connectivity index (χ2v) is 7.74. The molecule has 0 atom stereocenters. The summed E-state index contributed by atoms with van der Waals surface area (Å²) in [6.07, 6.45) is -0.475. The number of aliphatic hydroxyl groups excluding tert-OH is 1. The second kappa shape index (κ2) is 9.73. The molecule has 1 heterocycles. The van der Waals surface area contributed by atoms with E-state index in [0.29, 0.717) is 21.2 Å². The summed E-state index contributed by atoms with van der Waals surface area (Å²) in [6, 6.07) is 11.4. The van der Waals surface area contributed by atoms with Crippen LogP contribution in [0.5, 0.6) is 0 Å². The molecule has 1 amide bonds. The van der Waals surface area contributed by atoms with E-state index in [1.165, 1.54) is 4.68 Å². The van der Waals surface area contributed by atoms with Crippen LogP contribution in [0.25, 0.3) is 11.4 Å². The molecule has 0 saturated carbocycles. The summed E-state index contributed by atoms with van der Waals surface area (Å²) in [5, 5.41) is 44.6. The minimum atomic E-state index is -2.80. The Balaban J connectivity index is 1.67. The maximum absolute atomic E-state index is 12.3. The minimum absolute atomic E-state index is 0.109. The van der Waals surface area contributed by atoms with Crippen LogP contribution in [0.4, 0.5) is 0 Å². The SMILES string of the molecule is O=C(Cc1nc(-c2ccc(CC(O)(O)O)cc2)nn1CO)NCc1cc(Cl)cc(Cl)c1. The number of benzene rings is 2. The Hall–Kier alpha value is -2.53. The molecule has 31 heavy (non-hydrogen) atoms. The molecule has 3 rings (SSSR count). The number of carbonyl (C=O) groups is 1. The number of carbonyl (C=O) groups excluding carboxylic acids is 1. The van der Waals surface area contributed by atoms with E-state index in [0.717, 1.165) is 5.56 Å². The van der Waals surface area contributed by atoms with Crippen molar-refractivity contribution in [2.24, 2.45) is 0 Å². The molecular weight excluding hydrogens is 447 g/mol. The molecule has 0 aliphatic rings. The van der Waals surface area contributed by atoms with Crippen LogP contribution in [-0.2, 0) is 30.9 Å².